The van der Waals surface area contributed by atoms with Crippen LogP contribution in [-0.2, 0) is 16.0 Å². The maximum absolute atomic E-state index is 11.4. The normalized spacial score (nSPS) is 13.9. The second-order valence-corrected chi connectivity index (χ2v) is 7.79. The van der Waals surface area contributed by atoms with Crippen LogP contribution in [-0.4, -0.2) is 22.2 Å². The number of hydrogen-bond donors (Lipinski definition) is 1. The molecule has 0 fully saturated rings. The van der Waals surface area contributed by atoms with Crippen molar-refractivity contribution >= 4 is 37.8 Å². The molecule has 1 atom stereocenters. The van der Waals surface area contributed by atoms with E-state index in [1.807, 2.05) is 18.2 Å². The maximum atomic E-state index is 11.4. The minimum atomic E-state index is -1.31. The fraction of sp³-hybridized carbons (Fsp3) is 0.438. The fourth-order valence-electron chi connectivity index (χ4n) is 1.71. The first-order valence-corrected chi connectivity index (χ1v) is 8.23. The van der Waals surface area contributed by atoms with Gasteiger partial charge in [-0.2, -0.15) is 0 Å². The highest BCUT2D eigenvalue weighted by atomic mass is 79.9. The summed E-state index contributed by atoms with van der Waals surface area (Å²) in [7, 11) is 0. The van der Waals surface area contributed by atoms with Crippen molar-refractivity contribution in [3.8, 4) is 0 Å². The molecule has 0 aliphatic heterocycles. The largest absolute Gasteiger partial charge is 0.458 e. The molecule has 0 heterocycles. The minimum absolute atomic E-state index is 0.142. The maximum Gasteiger partial charge on any atom is 0.333 e. The summed E-state index contributed by atoms with van der Waals surface area (Å²) in [6.45, 7) is 9.17. The first-order valence-electron chi connectivity index (χ1n) is 6.64. The van der Waals surface area contributed by atoms with E-state index in [0.29, 0.717) is 17.9 Å². The summed E-state index contributed by atoms with van der Waals surface area (Å²) in [5, 5.41) is 10.3. The molecule has 0 bridgehead atoms. The molecule has 0 aliphatic carbocycles. The Bertz CT molecular complexity index is 536. The summed E-state index contributed by atoms with van der Waals surface area (Å²) in [6, 6.07) is 6.04. The third kappa shape index (κ3) is 5.93. The molecule has 0 radical (unpaired) electrons. The number of rotatable bonds is 6. The van der Waals surface area contributed by atoms with Gasteiger partial charge >= 0.3 is 5.97 Å². The monoisotopic (exact) mass is 418 g/mol. The van der Waals surface area contributed by atoms with E-state index in [2.05, 4.69) is 52.3 Å². The number of ether oxygens (including phenoxy) is 1. The third-order valence-electron chi connectivity index (χ3n) is 2.98. The topological polar surface area (TPSA) is 46.5 Å². The Hall–Kier alpha value is -0.650. The summed E-state index contributed by atoms with van der Waals surface area (Å²) in [5.41, 5.74) is 2.46. The van der Waals surface area contributed by atoms with Crippen LogP contribution in [0.5, 0.6) is 0 Å². The number of aliphatic hydroxyl groups is 1. The standard InChI is InChI=1S/C16H20Br2O3/c1-10(2)12-5-6-13(14(17)7-12)8-16(18,20)9-21-15(19)11(3)4/h5-7,10,20H,3,8-9H2,1-2,4H3. The predicted molar refractivity (Wildman–Crippen MR) is 91.6 cm³/mol. The summed E-state index contributed by atoms with van der Waals surface area (Å²) < 4.78 is 4.61. The van der Waals surface area contributed by atoms with Gasteiger partial charge < -0.3 is 9.84 Å². The van der Waals surface area contributed by atoms with E-state index in [1.165, 1.54) is 5.56 Å². The lowest BCUT2D eigenvalue weighted by atomic mass is 10.00. The number of carbonyl (C=O) groups excluding carboxylic acids is 1. The summed E-state index contributed by atoms with van der Waals surface area (Å²) in [5.74, 6) is -0.0724. The van der Waals surface area contributed by atoms with Crippen molar-refractivity contribution in [3.63, 3.8) is 0 Å². The fourth-order valence-corrected chi connectivity index (χ4v) is 2.66. The van der Waals surface area contributed by atoms with E-state index in [9.17, 15) is 9.90 Å². The van der Waals surface area contributed by atoms with Crippen molar-refractivity contribution in [2.75, 3.05) is 6.61 Å². The van der Waals surface area contributed by atoms with Crippen molar-refractivity contribution in [1.82, 2.24) is 0 Å². The molecule has 5 heteroatoms. The van der Waals surface area contributed by atoms with E-state index in [4.69, 9.17) is 4.74 Å². The Morgan fingerprint density at radius 3 is 2.57 bits per heavy atom. The molecule has 1 rings (SSSR count). The van der Waals surface area contributed by atoms with Gasteiger partial charge in [-0.05, 0) is 30.0 Å². The van der Waals surface area contributed by atoms with Crippen LogP contribution < -0.4 is 0 Å². The van der Waals surface area contributed by atoms with Gasteiger partial charge in [0, 0.05) is 16.5 Å². The van der Waals surface area contributed by atoms with Crippen LogP contribution in [0, 0.1) is 0 Å². The number of esters is 1. The van der Waals surface area contributed by atoms with Crippen LogP contribution in [0.25, 0.3) is 0 Å². The molecule has 3 nitrogen and oxygen atoms in total. The Morgan fingerprint density at radius 2 is 2.10 bits per heavy atom. The van der Waals surface area contributed by atoms with E-state index in [1.54, 1.807) is 6.92 Å². The average molecular weight is 420 g/mol. The molecule has 0 spiro atoms. The highest BCUT2D eigenvalue weighted by molar-refractivity contribution is 9.10. The molecule has 0 saturated heterocycles. The number of halogens is 2. The molecule has 0 saturated carbocycles. The van der Waals surface area contributed by atoms with Crippen molar-refractivity contribution in [1.29, 1.82) is 0 Å². The zero-order chi connectivity index (χ0) is 16.2. The van der Waals surface area contributed by atoms with Crippen molar-refractivity contribution in [2.24, 2.45) is 0 Å². The van der Waals surface area contributed by atoms with Gasteiger partial charge in [0.25, 0.3) is 0 Å². The van der Waals surface area contributed by atoms with Gasteiger partial charge in [-0.25, -0.2) is 4.79 Å². The second kappa shape index (κ2) is 7.56. The van der Waals surface area contributed by atoms with Gasteiger partial charge in [0.2, 0.25) is 0 Å². The molecule has 1 aromatic carbocycles. The molecular weight excluding hydrogens is 400 g/mol. The van der Waals surface area contributed by atoms with E-state index in [0.717, 1.165) is 10.0 Å². The Balaban J connectivity index is 2.75. The summed E-state index contributed by atoms with van der Waals surface area (Å²) in [4.78, 5) is 11.4. The van der Waals surface area contributed by atoms with E-state index < -0.39 is 10.5 Å². The third-order valence-corrected chi connectivity index (χ3v) is 4.23. The summed E-state index contributed by atoms with van der Waals surface area (Å²) >= 11 is 6.72. The van der Waals surface area contributed by atoms with Crippen LogP contribution in [0.4, 0.5) is 0 Å². The second-order valence-electron chi connectivity index (χ2n) is 5.46. The zero-order valence-corrected chi connectivity index (χ0v) is 15.6. The van der Waals surface area contributed by atoms with Crippen LogP contribution in [0.3, 0.4) is 0 Å². The molecule has 0 amide bonds. The quantitative estimate of drug-likeness (QED) is 0.424. The smallest absolute Gasteiger partial charge is 0.333 e. The Morgan fingerprint density at radius 1 is 1.48 bits per heavy atom. The molecule has 21 heavy (non-hydrogen) atoms. The number of benzene rings is 1. The molecule has 0 aromatic heterocycles. The van der Waals surface area contributed by atoms with Gasteiger partial charge in [-0.3, -0.25) is 0 Å². The van der Waals surface area contributed by atoms with Crippen molar-refractivity contribution in [3.05, 3.63) is 46.0 Å². The predicted octanol–water partition coefficient (Wildman–Crippen LogP) is 4.32. The molecule has 1 N–H and O–H groups in total. The lowest BCUT2D eigenvalue weighted by Gasteiger charge is -2.22. The SMILES string of the molecule is C=C(C)C(=O)OCC(O)(Br)Cc1ccc(C(C)C)cc1Br. The van der Waals surface area contributed by atoms with Crippen molar-refractivity contribution in [2.45, 2.75) is 37.6 Å². The minimum Gasteiger partial charge on any atom is -0.458 e. The van der Waals surface area contributed by atoms with Gasteiger partial charge in [0.05, 0.1) is 0 Å². The highest BCUT2D eigenvalue weighted by Gasteiger charge is 2.26. The number of hydrogen-bond acceptors (Lipinski definition) is 3. The first kappa shape index (κ1) is 18.4. The van der Waals surface area contributed by atoms with Gasteiger partial charge in [0.15, 0.2) is 4.51 Å². The zero-order valence-electron chi connectivity index (χ0n) is 12.5. The van der Waals surface area contributed by atoms with E-state index in [-0.39, 0.29) is 6.61 Å². The highest BCUT2D eigenvalue weighted by Crippen LogP contribution is 2.29. The van der Waals surface area contributed by atoms with Crippen LogP contribution >= 0.6 is 31.9 Å². The average Bonchev–Trinajstić information content (AvgIpc) is 2.37. The Labute approximate surface area is 142 Å². The van der Waals surface area contributed by atoms with Crippen LogP contribution in [0.1, 0.15) is 37.8 Å². The van der Waals surface area contributed by atoms with E-state index >= 15 is 0 Å². The molecule has 1 unspecified atom stereocenters. The van der Waals surface area contributed by atoms with Gasteiger partial charge in [-0.15, -0.1) is 0 Å². The lowest BCUT2D eigenvalue weighted by Crippen LogP contribution is -2.31. The molecule has 116 valence electrons. The number of alkyl halides is 1. The van der Waals surface area contributed by atoms with Gasteiger partial charge in [0.1, 0.15) is 6.61 Å². The van der Waals surface area contributed by atoms with Crippen LogP contribution in [0.2, 0.25) is 0 Å². The molecular formula is C16H20Br2O3. The Kier molecular flexibility index (Phi) is 6.63. The molecule has 0 aliphatic rings. The molecule has 1 aromatic rings. The number of carbonyl (C=O) groups is 1. The van der Waals surface area contributed by atoms with Crippen LogP contribution in [0.15, 0.2) is 34.8 Å². The van der Waals surface area contributed by atoms with Crippen molar-refractivity contribution < 1.29 is 14.6 Å². The first-order chi connectivity index (χ1) is 9.62. The van der Waals surface area contributed by atoms with Gasteiger partial charge in [-0.1, -0.05) is 64.4 Å². The summed E-state index contributed by atoms with van der Waals surface area (Å²) in [6.07, 6.45) is 0.315. The lowest BCUT2D eigenvalue weighted by molar-refractivity contribution is -0.142.